The van der Waals surface area contributed by atoms with Gasteiger partial charge in [-0.25, -0.2) is 8.78 Å². The summed E-state index contributed by atoms with van der Waals surface area (Å²) in [5, 5.41) is 27.8. The molecule has 0 fully saturated rings. The minimum absolute atomic E-state index is 0.0438. The van der Waals surface area contributed by atoms with Crippen molar-refractivity contribution in [3.63, 3.8) is 0 Å². The lowest BCUT2D eigenvalue weighted by Gasteiger charge is -2.09. The minimum Gasteiger partial charge on any atom is -0.507 e. The topological polar surface area (TPSA) is 60.7 Å². The van der Waals surface area contributed by atoms with E-state index in [0.717, 1.165) is 6.42 Å². The molecule has 0 aliphatic carbocycles. The molecule has 0 radical (unpaired) electrons. The molecule has 0 heterocycles. The van der Waals surface area contributed by atoms with Crippen molar-refractivity contribution in [3.05, 3.63) is 65.2 Å². The van der Waals surface area contributed by atoms with Crippen LogP contribution < -0.4 is 0 Å². The van der Waals surface area contributed by atoms with Gasteiger partial charge in [0.25, 0.3) is 0 Å². The first-order valence-electron chi connectivity index (χ1n) is 7.37. The van der Waals surface area contributed by atoms with Crippen molar-refractivity contribution in [1.29, 1.82) is 0 Å². The molecular formula is C18H19BrF2O3S. The average Bonchev–Trinajstić information content (AvgIpc) is 2.58. The van der Waals surface area contributed by atoms with Gasteiger partial charge in [-0.2, -0.15) is 0 Å². The van der Waals surface area contributed by atoms with Gasteiger partial charge in [0, 0.05) is 5.75 Å². The summed E-state index contributed by atoms with van der Waals surface area (Å²) in [5.41, 5.74) is 0. The van der Waals surface area contributed by atoms with E-state index in [1.54, 1.807) is 6.08 Å². The largest absolute Gasteiger partial charge is 0.507 e. The number of hydrogen-bond donors (Lipinski definition) is 3. The third kappa shape index (κ3) is 8.38. The fraction of sp³-hybridized carbons (Fsp3) is 0.222. The molecule has 2 rings (SSSR count). The fourth-order valence-electron chi connectivity index (χ4n) is 1.66. The number of rotatable bonds is 6. The van der Waals surface area contributed by atoms with E-state index in [2.05, 4.69) is 22.5 Å². The van der Waals surface area contributed by atoms with E-state index >= 15 is 0 Å². The first kappa shape index (κ1) is 21.5. The Hall–Kier alpha value is -1.57. The van der Waals surface area contributed by atoms with Crippen molar-refractivity contribution in [2.45, 2.75) is 23.8 Å². The van der Waals surface area contributed by atoms with E-state index in [1.807, 2.05) is 0 Å². The van der Waals surface area contributed by atoms with Crippen molar-refractivity contribution in [2.75, 3.05) is 5.75 Å². The number of thioether (sulfide) groups is 1. The monoisotopic (exact) mass is 432 g/mol. The number of aliphatic hydroxyl groups excluding tert-OH is 1. The van der Waals surface area contributed by atoms with Gasteiger partial charge in [0.1, 0.15) is 23.1 Å². The van der Waals surface area contributed by atoms with E-state index in [4.69, 9.17) is 5.11 Å². The summed E-state index contributed by atoms with van der Waals surface area (Å²) in [6.45, 7) is 3.57. The van der Waals surface area contributed by atoms with Crippen molar-refractivity contribution in [1.82, 2.24) is 0 Å². The van der Waals surface area contributed by atoms with Crippen LogP contribution in [-0.4, -0.2) is 27.2 Å². The smallest absolute Gasteiger partial charge is 0.129 e. The van der Waals surface area contributed by atoms with Gasteiger partial charge >= 0.3 is 0 Å². The third-order valence-corrected chi connectivity index (χ3v) is 4.79. The van der Waals surface area contributed by atoms with Crippen LogP contribution in [0, 0.1) is 11.6 Å². The lowest BCUT2D eigenvalue weighted by atomic mass is 10.2. The Balaban J connectivity index is 0.000000293. The maximum Gasteiger partial charge on any atom is 0.129 e. The molecule has 1 unspecified atom stereocenters. The predicted octanol–water partition coefficient (Wildman–Crippen LogP) is 5.24. The Morgan fingerprint density at radius 2 is 1.68 bits per heavy atom. The molecule has 25 heavy (non-hydrogen) atoms. The quantitative estimate of drug-likeness (QED) is 0.431. The van der Waals surface area contributed by atoms with Crippen LogP contribution >= 0.6 is 27.7 Å². The second-order valence-electron chi connectivity index (χ2n) is 5.04. The molecule has 136 valence electrons. The summed E-state index contributed by atoms with van der Waals surface area (Å²) in [6, 6.07) is 7.47. The lowest BCUT2D eigenvalue weighted by molar-refractivity contribution is 0.190. The number of benzene rings is 2. The molecule has 0 bridgehead atoms. The maximum atomic E-state index is 12.9. The second kappa shape index (κ2) is 11.1. The highest BCUT2D eigenvalue weighted by Gasteiger charge is 2.08. The Morgan fingerprint density at radius 3 is 2.24 bits per heavy atom. The van der Waals surface area contributed by atoms with E-state index in [1.165, 1.54) is 48.2 Å². The summed E-state index contributed by atoms with van der Waals surface area (Å²) in [6.07, 6.45) is 2.66. The molecule has 1 atom stereocenters. The lowest BCUT2D eigenvalue weighted by Crippen LogP contribution is -2.08. The Labute approximate surface area is 158 Å². The van der Waals surface area contributed by atoms with Gasteiger partial charge in [-0.15, -0.1) is 18.3 Å². The normalized spacial score (nSPS) is 11.4. The summed E-state index contributed by atoms with van der Waals surface area (Å²) in [7, 11) is 0. The zero-order chi connectivity index (χ0) is 18.8. The van der Waals surface area contributed by atoms with Crippen LogP contribution in [0.5, 0.6) is 11.5 Å². The molecular weight excluding hydrogens is 414 g/mol. The Kier molecular flexibility index (Phi) is 9.55. The first-order chi connectivity index (χ1) is 11.8. The second-order valence-corrected chi connectivity index (χ2v) is 6.95. The van der Waals surface area contributed by atoms with Crippen molar-refractivity contribution in [3.8, 4) is 11.5 Å². The summed E-state index contributed by atoms with van der Waals surface area (Å²) < 4.78 is 25.5. The number of aliphatic hydroxyl groups is 1. The van der Waals surface area contributed by atoms with Crippen LogP contribution in [0.4, 0.5) is 8.78 Å². The van der Waals surface area contributed by atoms with Gasteiger partial charge in [-0.05, 0) is 65.2 Å². The van der Waals surface area contributed by atoms with Crippen LogP contribution in [0.2, 0.25) is 0 Å². The van der Waals surface area contributed by atoms with Crippen LogP contribution in [-0.2, 0) is 0 Å². The molecule has 3 N–H and O–H groups in total. The molecule has 0 amide bonds. The highest BCUT2D eigenvalue weighted by molar-refractivity contribution is 9.10. The van der Waals surface area contributed by atoms with Gasteiger partial charge in [0.2, 0.25) is 0 Å². The fourth-order valence-corrected chi connectivity index (χ4v) is 2.97. The van der Waals surface area contributed by atoms with Crippen LogP contribution in [0.1, 0.15) is 12.8 Å². The zero-order valence-corrected chi connectivity index (χ0v) is 15.7. The van der Waals surface area contributed by atoms with Crippen LogP contribution in [0.25, 0.3) is 0 Å². The van der Waals surface area contributed by atoms with Crippen LogP contribution in [0.15, 0.2) is 58.4 Å². The average molecular weight is 433 g/mol. The molecule has 0 aliphatic rings. The van der Waals surface area contributed by atoms with Gasteiger partial charge in [-0.3, -0.25) is 0 Å². The molecule has 0 saturated heterocycles. The number of phenols is 2. The van der Waals surface area contributed by atoms with Gasteiger partial charge in [0.15, 0.2) is 0 Å². The van der Waals surface area contributed by atoms with Gasteiger partial charge < -0.3 is 15.3 Å². The number of phenolic OH excluding ortho intramolecular Hbond substituents is 2. The van der Waals surface area contributed by atoms with E-state index in [0.29, 0.717) is 21.5 Å². The number of halogens is 3. The highest BCUT2D eigenvalue weighted by atomic mass is 79.9. The van der Waals surface area contributed by atoms with Crippen molar-refractivity contribution in [2.24, 2.45) is 0 Å². The number of aromatic hydroxyl groups is 2. The van der Waals surface area contributed by atoms with Gasteiger partial charge in [-0.1, -0.05) is 6.08 Å². The SMILES string of the molecule is C=CCCC(O)CSc1cc(F)ccc1O.Oc1ccc(F)cc1Br. The summed E-state index contributed by atoms with van der Waals surface area (Å²) in [4.78, 5) is 0.456. The third-order valence-electron chi connectivity index (χ3n) is 2.97. The Bertz CT molecular complexity index is 698. The number of allylic oxidation sites excluding steroid dienone is 1. The number of hydrogen-bond acceptors (Lipinski definition) is 4. The molecule has 0 spiro atoms. The molecule has 3 nitrogen and oxygen atoms in total. The van der Waals surface area contributed by atoms with E-state index in [-0.39, 0.29) is 23.1 Å². The molecule has 7 heteroatoms. The summed E-state index contributed by atoms with van der Waals surface area (Å²) in [5.74, 6) is -0.218. The molecule has 2 aromatic carbocycles. The first-order valence-corrected chi connectivity index (χ1v) is 9.15. The van der Waals surface area contributed by atoms with Crippen molar-refractivity contribution < 1.29 is 24.1 Å². The molecule has 0 aliphatic heterocycles. The highest BCUT2D eigenvalue weighted by Crippen LogP contribution is 2.29. The maximum absolute atomic E-state index is 12.9. The zero-order valence-electron chi connectivity index (χ0n) is 13.3. The van der Waals surface area contributed by atoms with E-state index < -0.39 is 6.10 Å². The molecule has 0 aromatic heterocycles. The van der Waals surface area contributed by atoms with E-state index in [9.17, 15) is 19.0 Å². The summed E-state index contributed by atoms with van der Waals surface area (Å²) >= 11 is 4.20. The standard InChI is InChI=1S/C12H15FO2S.C6H4BrFO/c1-2-3-4-10(14)8-16-12-7-9(13)5-6-11(12)15;7-5-3-4(8)1-2-6(5)9/h2,5-7,10,14-15H,1,3-4,8H2;1-3,9H. The van der Waals surface area contributed by atoms with Crippen molar-refractivity contribution >= 4 is 27.7 Å². The predicted molar refractivity (Wildman–Crippen MR) is 100.0 cm³/mol. The molecule has 2 aromatic rings. The Morgan fingerprint density at radius 1 is 1.08 bits per heavy atom. The minimum atomic E-state index is -0.467. The van der Waals surface area contributed by atoms with Gasteiger partial charge in [0.05, 0.1) is 15.5 Å². The molecule has 0 saturated carbocycles. The van der Waals surface area contributed by atoms with Crippen LogP contribution in [0.3, 0.4) is 0 Å².